The van der Waals surface area contributed by atoms with E-state index in [1.807, 2.05) is 0 Å². The third-order valence-corrected chi connectivity index (χ3v) is 5.14. The number of hydrogen-bond acceptors (Lipinski definition) is 4. The molecule has 2 aromatic rings. The van der Waals surface area contributed by atoms with Crippen molar-refractivity contribution in [3.63, 3.8) is 0 Å². The van der Waals surface area contributed by atoms with Gasteiger partial charge in [0, 0.05) is 30.6 Å². The van der Waals surface area contributed by atoms with Crippen molar-refractivity contribution in [2.75, 3.05) is 6.54 Å². The van der Waals surface area contributed by atoms with Crippen LogP contribution in [0.25, 0.3) is 4.96 Å². The summed E-state index contributed by atoms with van der Waals surface area (Å²) in [5.74, 6) is 0.677. The quantitative estimate of drug-likeness (QED) is 0.881. The summed E-state index contributed by atoms with van der Waals surface area (Å²) in [6, 6.07) is 0. The second-order valence-corrected chi connectivity index (χ2v) is 6.83. The van der Waals surface area contributed by atoms with Gasteiger partial charge in [0.25, 0.3) is 0 Å². The van der Waals surface area contributed by atoms with Crippen molar-refractivity contribution < 1.29 is 5.11 Å². The second kappa shape index (κ2) is 4.30. The Morgan fingerprint density at radius 3 is 3.00 bits per heavy atom. The molecule has 2 N–H and O–H groups in total. The fourth-order valence-corrected chi connectivity index (χ4v) is 3.62. The fourth-order valence-electron chi connectivity index (χ4n) is 2.88. The van der Waals surface area contributed by atoms with Crippen LogP contribution in [0.15, 0.2) is 11.6 Å². The third kappa shape index (κ3) is 2.10. The number of fused-ring (bicyclic) bond motifs is 1. The molecular formula is C14H19N3OS. The molecule has 0 spiro atoms. The van der Waals surface area contributed by atoms with Crippen LogP contribution in [0.1, 0.15) is 49.4 Å². The number of nitrogens with zero attached hydrogens (tertiary/aromatic N) is 2. The Hall–Kier alpha value is -0.910. The van der Waals surface area contributed by atoms with Crippen LogP contribution in [0.5, 0.6) is 0 Å². The zero-order valence-corrected chi connectivity index (χ0v) is 11.7. The largest absolute Gasteiger partial charge is 0.389 e. The summed E-state index contributed by atoms with van der Waals surface area (Å²) in [5, 5.41) is 15.6. The Balaban J connectivity index is 1.52. The molecule has 0 unspecified atom stereocenters. The van der Waals surface area contributed by atoms with E-state index in [-0.39, 0.29) is 0 Å². The first-order chi connectivity index (χ1) is 9.25. The number of nitrogens with one attached hydrogen (secondary N) is 1. The molecule has 2 fully saturated rings. The fraction of sp³-hybridized carbons (Fsp3) is 0.643. The van der Waals surface area contributed by atoms with E-state index in [1.54, 1.807) is 11.3 Å². The van der Waals surface area contributed by atoms with Crippen LogP contribution in [0, 0.1) is 0 Å². The van der Waals surface area contributed by atoms with Crippen molar-refractivity contribution in [3.05, 3.63) is 23.0 Å². The Kier molecular flexibility index (Phi) is 2.69. The van der Waals surface area contributed by atoms with Crippen LogP contribution < -0.4 is 5.32 Å². The van der Waals surface area contributed by atoms with Gasteiger partial charge in [-0.1, -0.05) is 0 Å². The Bertz CT molecular complexity index is 595. The first-order valence-electron chi connectivity index (χ1n) is 7.13. The smallest absolute Gasteiger partial charge is 0.194 e. The summed E-state index contributed by atoms with van der Waals surface area (Å²) >= 11 is 1.70. The van der Waals surface area contributed by atoms with Crippen LogP contribution >= 0.6 is 11.3 Å². The van der Waals surface area contributed by atoms with E-state index in [2.05, 4.69) is 21.3 Å². The normalized spacial score (nSPS) is 21.7. The molecule has 2 saturated carbocycles. The average Bonchev–Trinajstić information content (AvgIpc) is 3.00. The van der Waals surface area contributed by atoms with Gasteiger partial charge in [0.15, 0.2) is 4.96 Å². The molecule has 19 heavy (non-hydrogen) atoms. The maximum absolute atomic E-state index is 10.1. The number of aliphatic hydroxyl groups is 1. The molecule has 0 aliphatic heterocycles. The molecule has 0 bridgehead atoms. The van der Waals surface area contributed by atoms with Crippen molar-refractivity contribution in [2.45, 2.75) is 50.2 Å². The van der Waals surface area contributed by atoms with Crippen molar-refractivity contribution in [1.29, 1.82) is 0 Å². The molecule has 2 aliphatic rings. The van der Waals surface area contributed by atoms with Crippen LogP contribution in [-0.4, -0.2) is 26.6 Å². The Morgan fingerprint density at radius 1 is 1.47 bits per heavy atom. The molecule has 2 heterocycles. The monoisotopic (exact) mass is 277 g/mol. The molecule has 0 saturated heterocycles. The van der Waals surface area contributed by atoms with Crippen molar-refractivity contribution in [3.8, 4) is 0 Å². The van der Waals surface area contributed by atoms with E-state index in [0.29, 0.717) is 12.5 Å². The zero-order valence-electron chi connectivity index (χ0n) is 10.9. The molecule has 2 aliphatic carbocycles. The predicted molar refractivity (Wildman–Crippen MR) is 75.6 cm³/mol. The van der Waals surface area contributed by atoms with Gasteiger partial charge >= 0.3 is 0 Å². The lowest BCUT2D eigenvalue weighted by molar-refractivity contribution is -0.0315. The number of aromatic nitrogens is 2. The average molecular weight is 277 g/mol. The molecule has 2 aromatic heterocycles. The van der Waals surface area contributed by atoms with Gasteiger partial charge < -0.3 is 10.4 Å². The Labute approximate surface area is 116 Å². The van der Waals surface area contributed by atoms with Crippen LogP contribution in [0.4, 0.5) is 0 Å². The van der Waals surface area contributed by atoms with E-state index in [4.69, 9.17) is 4.98 Å². The van der Waals surface area contributed by atoms with E-state index >= 15 is 0 Å². The van der Waals surface area contributed by atoms with Gasteiger partial charge in [-0.15, -0.1) is 11.3 Å². The highest BCUT2D eigenvalue weighted by Gasteiger charge is 2.34. The maximum Gasteiger partial charge on any atom is 0.194 e. The lowest BCUT2D eigenvalue weighted by Gasteiger charge is -2.36. The van der Waals surface area contributed by atoms with Gasteiger partial charge in [0.1, 0.15) is 0 Å². The molecule has 5 heteroatoms. The van der Waals surface area contributed by atoms with Gasteiger partial charge in [-0.3, -0.25) is 4.40 Å². The topological polar surface area (TPSA) is 49.6 Å². The molecule has 102 valence electrons. The molecule has 0 atom stereocenters. The highest BCUT2D eigenvalue weighted by molar-refractivity contribution is 7.15. The molecule has 4 nitrogen and oxygen atoms in total. The summed E-state index contributed by atoms with van der Waals surface area (Å²) in [6.07, 6.45) is 7.70. The highest BCUT2D eigenvalue weighted by Crippen LogP contribution is 2.41. The van der Waals surface area contributed by atoms with Gasteiger partial charge in [-0.2, -0.15) is 0 Å². The first kappa shape index (κ1) is 11.9. The minimum Gasteiger partial charge on any atom is -0.389 e. The minimum absolute atomic E-state index is 0.446. The standard InChI is InChI=1S/C14H19N3OS/c18-14(4-1-5-14)9-15-8-11-12(10-2-3-10)16-13-17(11)6-7-19-13/h6-7,10,15,18H,1-5,8-9H2. The van der Waals surface area contributed by atoms with Crippen molar-refractivity contribution in [2.24, 2.45) is 0 Å². The molecular weight excluding hydrogens is 258 g/mol. The molecule has 0 radical (unpaired) electrons. The highest BCUT2D eigenvalue weighted by atomic mass is 32.1. The summed E-state index contributed by atoms with van der Waals surface area (Å²) in [5.41, 5.74) is 2.12. The van der Waals surface area contributed by atoms with Gasteiger partial charge in [0.2, 0.25) is 0 Å². The van der Waals surface area contributed by atoms with Crippen LogP contribution in [0.3, 0.4) is 0 Å². The third-order valence-electron chi connectivity index (χ3n) is 4.39. The second-order valence-electron chi connectivity index (χ2n) is 5.96. The summed E-state index contributed by atoms with van der Waals surface area (Å²) in [6.45, 7) is 1.51. The summed E-state index contributed by atoms with van der Waals surface area (Å²) < 4.78 is 2.20. The van der Waals surface area contributed by atoms with Crippen molar-refractivity contribution >= 4 is 16.3 Å². The summed E-state index contributed by atoms with van der Waals surface area (Å²) in [7, 11) is 0. The van der Waals surface area contributed by atoms with E-state index in [0.717, 1.165) is 30.8 Å². The lowest BCUT2D eigenvalue weighted by atomic mass is 9.80. The number of thiazole rings is 1. The number of rotatable bonds is 5. The molecule has 4 rings (SSSR count). The Morgan fingerprint density at radius 2 is 2.32 bits per heavy atom. The van der Waals surface area contributed by atoms with E-state index in [1.165, 1.54) is 24.2 Å². The van der Waals surface area contributed by atoms with E-state index < -0.39 is 5.60 Å². The maximum atomic E-state index is 10.1. The first-order valence-corrected chi connectivity index (χ1v) is 8.01. The number of imidazole rings is 1. The van der Waals surface area contributed by atoms with E-state index in [9.17, 15) is 5.11 Å². The summed E-state index contributed by atoms with van der Waals surface area (Å²) in [4.78, 5) is 5.86. The van der Waals surface area contributed by atoms with Crippen molar-refractivity contribution in [1.82, 2.24) is 14.7 Å². The van der Waals surface area contributed by atoms with Gasteiger partial charge in [0.05, 0.1) is 17.0 Å². The van der Waals surface area contributed by atoms with Crippen LogP contribution in [0.2, 0.25) is 0 Å². The minimum atomic E-state index is -0.446. The van der Waals surface area contributed by atoms with Crippen LogP contribution in [-0.2, 0) is 6.54 Å². The zero-order chi connectivity index (χ0) is 12.9. The molecule has 0 aromatic carbocycles. The lowest BCUT2D eigenvalue weighted by Crippen LogP contribution is -2.46. The predicted octanol–water partition coefficient (Wildman–Crippen LogP) is 2.28. The van der Waals surface area contributed by atoms with Gasteiger partial charge in [-0.05, 0) is 32.1 Å². The number of hydrogen-bond donors (Lipinski definition) is 2. The molecule has 0 amide bonds. The SMILES string of the molecule is OC1(CNCc2c(C3CC3)nc3sccn23)CCC1. The van der Waals surface area contributed by atoms with Gasteiger partial charge in [-0.25, -0.2) is 4.98 Å².